The first-order valence-corrected chi connectivity index (χ1v) is 10.00. The number of amides is 2. The normalized spacial score (nSPS) is 15.1. The van der Waals surface area contributed by atoms with Crippen LogP contribution in [0.15, 0.2) is 42.5 Å². The Labute approximate surface area is 182 Å². The van der Waals surface area contributed by atoms with E-state index >= 15 is 4.39 Å². The van der Waals surface area contributed by atoms with E-state index < -0.39 is 41.9 Å². The van der Waals surface area contributed by atoms with Crippen molar-refractivity contribution in [1.29, 1.82) is 0 Å². The molecule has 0 fully saturated rings. The maximum absolute atomic E-state index is 15.0. The number of anilines is 2. The van der Waals surface area contributed by atoms with Gasteiger partial charge in [0.1, 0.15) is 18.2 Å². The number of hydrogen-bond acceptors (Lipinski definition) is 3. The Kier molecular flexibility index (Phi) is 5.46. The van der Waals surface area contributed by atoms with Gasteiger partial charge in [0.15, 0.2) is 0 Å². The molecule has 1 atom stereocenters. The molecule has 2 heterocycles. The Bertz CT molecular complexity index is 1260. The Hall–Kier alpha value is -3.68. The number of nitrogens with one attached hydrogen (secondary N) is 1. The van der Waals surface area contributed by atoms with Crippen LogP contribution in [-0.4, -0.2) is 23.3 Å². The SMILES string of the molecule is Cc1cc2c(c(F)n1)-c1cc(F)ccc1[C@H](C)C(=O)N2CC(=O)Nc1ccc(C)c(F)c1. The molecule has 2 amide bonds. The molecule has 1 aliphatic rings. The number of nitrogens with zero attached hydrogens (tertiary/aromatic N) is 2. The molecule has 0 unspecified atom stereocenters. The van der Waals surface area contributed by atoms with Gasteiger partial charge in [-0.3, -0.25) is 9.59 Å². The van der Waals surface area contributed by atoms with Gasteiger partial charge in [-0.15, -0.1) is 0 Å². The molecule has 0 bridgehead atoms. The van der Waals surface area contributed by atoms with Crippen LogP contribution in [0, 0.1) is 31.4 Å². The van der Waals surface area contributed by atoms with Crippen molar-refractivity contribution < 1.29 is 22.8 Å². The standard InChI is InChI=1S/C24H20F3N3O2/c1-12-4-6-16(10-19(12)26)29-21(31)11-30-20-8-13(2)28-23(27)22(20)18-9-15(25)5-7-17(18)14(3)24(30)32/h4-10,14H,11H2,1-3H3,(H,29,31)/t14-/m0/s1. The average molecular weight is 439 g/mol. The van der Waals surface area contributed by atoms with Crippen LogP contribution in [-0.2, 0) is 9.59 Å². The first-order chi connectivity index (χ1) is 15.2. The molecule has 164 valence electrons. The van der Waals surface area contributed by atoms with Crippen molar-refractivity contribution >= 4 is 23.2 Å². The largest absolute Gasteiger partial charge is 0.324 e. The lowest BCUT2D eigenvalue weighted by Gasteiger charge is -2.24. The molecule has 8 heteroatoms. The molecule has 1 aromatic heterocycles. The van der Waals surface area contributed by atoms with Gasteiger partial charge in [0.2, 0.25) is 17.8 Å². The number of fused-ring (bicyclic) bond motifs is 3. The average Bonchev–Trinajstić information content (AvgIpc) is 2.80. The molecule has 4 rings (SSSR count). The van der Waals surface area contributed by atoms with Crippen LogP contribution in [0.3, 0.4) is 0 Å². The predicted octanol–water partition coefficient (Wildman–Crippen LogP) is 4.87. The summed E-state index contributed by atoms with van der Waals surface area (Å²) >= 11 is 0. The van der Waals surface area contributed by atoms with Crippen molar-refractivity contribution in [1.82, 2.24) is 4.98 Å². The number of aryl methyl sites for hydroxylation is 2. The maximum Gasteiger partial charge on any atom is 0.244 e. The Morgan fingerprint density at radius 1 is 1.09 bits per heavy atom. The summed E-state index contributed by atoms with van der Waals surface area (Å²) in [6.45, 7) is 4.33. The summed E-state index contributed by atoms with van der Waals surface area (Å²) in [7, 11) is 0. The number of benzene rings is 2. The highest BCUT2D eigenvalue weighted by molar-refractivity contribution is 6.09. The van der Waals surface area contributed by atoms with Gasteiger partial charge in [-0.1, -0.05) is 12.1 Å². The van der Waals surface area contributed by atoms with Crippen LogP contribution >= 0.6 is 0 Å². The predicted molar refractivity (Wildman–Crippen MR) is 115 cm³/mol. The summed E-state index contributed by atoms with van der Waals surface area (Å²) in [5.41, 5.74) is 1.69. The summed E-state index contributed by atoms with van der Waals surface area (Å²) < 4.78 is 42.9. The van der Waals surface area contributed by atoms with Crippen LogP contribution in [0.25, 0.3) is 11.1 Å². The van der Waals surface area contributed by atoms with Crippen molar-refractivity contribution in [2.75, 3.05) is 16.8 Å². The molecule has 2 aromatic carbocycles. The highest BCUT2D eigenvalue weighted by Gasteiger charge is 2.35. The third-order valence-corrected chi connectivity index (χ3v) is 5.52. The second kappa shape index (κ2) is 8.11. The molecular weight excluding hydrogens is 419 g/mol. The molecule has 0 spiro atoms. The van der Waals surface area contributed by atoms with Crippen molar-refractivity contribution in [2.24, 2.45) is 0 Å². The molecule has 1 N–H and O–H groups in total. The van der Waals surface area contributed by atoms with E-state index in [4.69, 9.17) is 0 Å². The second-order valence-electron chi connectivity index (χ2n) is 7.84. The van der Waals surface area contributed by atoms with Gasteiger partial charge in [-0.05, 0) is 67.8 Å². The van der Waals surface area contributed by atoms with E-state index in [1.165, 1.54) is 30.3 Å². The number of carbonyl (C=O) groups is 2. The molecule has 0 radical (unpaired) electrons. The Morgan fingerprint density at radius 2 is 1.84 bits per heavy atom. The number of hydrogen-bond donors (Lipinski definition) is 1. The second-order valence-corrected chi connectivity index (χ2v) is 7.84. The number of carbonyl (C=O) groups excluding carboxylic acids is 2. The number of pyridine rings is 1. The zero-order chi connectivity index (χ0) is 23.2. The maximum atomic E-state index is 15.0. The number of rotatable bonds is 3. The summed E-state index contributed by atoms with van der Waals surface area (Å²) in [5.74, 6) is -3.73. The molecule has 0 aliphatic carbocycles. The van der Waals surface area contributed by atoms with Gasteiger partial charge in [-0.2, -0.15) is 4.39 Å². The summed E-state index contributed by atoms with van der Waals surface area (Å²) in [6.07, 6.45) is 0. The molecule has 1 aliphatic heterocycles. The van der Waals surface area contributed by atoms with Crippen molar-refractivity contribution in [3.8, 4) is 11.1 Å². The number of halogens is 3. The van der Waals surface area contributed by atoms with E-state index in [9.17, 15) is 18.4 Å². The minimum Gasteiger partial charge on any atom is -0.324 e. The first kappa shape index (κ1) is 21.5. The first-order valence-electron chi connectivity index (χ1n) is 10.00. The van der Waals surface area contributed by atoms with Gasteiger partial charge >= 0.3 is 0 Å². The van der Waals surface area contributed by atoms with E-state index in [1.807, 2.05) is 0 Å². The van der Waals surface area contributed by atoms with Crippen molar-refractivity contribution in [3.05, 3.63) is 76.9 Å². The van der Waals surface area contributed by atoms with E-state index in [1.54, 1.807) is 26.8 Å². The number of aromatic nitrogens is 1. The quantitative estimate of drug-likeness (QED) is 0.593. The van der Waals surface area contributed by atoms with E-state index in [-0.39, 0.29) is 22.5 Å². The Morgan fingerprint density at radius 3 is 2.56 bits per heavy atom. The molecular formula is C24H20F3N3O2. The summed E-state index contributed by atoms with van der Waals surface area (Å²) in [6, 6.07) is 9.54. The molecule has 5 nitrogen and oxygen atoms in total. The van der Waals surface area contributed by atoms with E-state index in [0.717, 1.165) is 11.0 Å². The highest BCUT2D eigenvalue weighted by Crippen LogP contribution is 2.42. The third kappa shape index (κ3) is 3.84. The summed E-state index contributed by atoms with van der Waals surface area (Å²) in [4.78, 5) is 31.1. The van der Waals surface area contributed by atoms with Gasteiger partial charge in [0, 0.05) is 11.4 Å². The molecule has 32 heavy (non-hydrogen) atoms. The fraction of sp³-hybridized carbons (Fsp3) is 0.208. The van der Waals surface area contributed by atoms with E-state index in [2.05, 4.69) is 10.3 Å². The van der Waals surface area contributed by atoms with Gasteiger partial charge in [0.05, 0.1) is 17.2 Å². The highest BCUT2D eigenvalue weighted by atomic mass is 19.1. The van der Waals surface area contributed by atoms with Crippen LogP contribution in [0.2, 0.25) is 0 Å². The monoisotopic (exact) mass is 439 g/mol. The fourth-order valence-corrected chi connectivity index (χ4v) is 3.87. The topological polar surface area (TPSA) is 62.3 Å². The van der Waals surface area contributed by atoms with Crippen LogP contribution in [0.5, 0.6) is 0 Å². The van der Waals surface area contributed by atoms with Gasteiger partial charge in [0.25, 0.3) is 0 Å². The molecule has 0 saturated heterocycles. The zero-order valence-corrected chi connectivity index (χ0v) is 17.7. The summed E-state index contributed by atoms with van der Waals surface area (Å²) in [5, 5.41) is 2.56. The lowest BCUT2D eigenvalue weighted by molar-refractivity contribution is -0.122. The van der Waals surface area contributed by atoms with Crippen LogP contribution < -0.4 is 10.2 Å². The Balaban J connectivity index is 1.77. The van der Waals surface area contributed by atoms with Crippen LogP contribution in [0.1, 0.15) is 29.7 Å². The molecule has 0 saturated carbocycles. The third-order valence-electron chi connectivity index (χ3n) is 5.52. The van der Waals surface area contributed by atoms with Crippen molar-refractivity contribution in [2.45, 2.75) is 26.7 Å². The lowest BCUT2D eigenvalue weighted by Crippen LogP contribution is -2.40. The zero-order valence-electron chi connectivity index (χ0n) is 17.7. The minimum atomic E-state index is -0.861. The smallest absolute Gasteiger partial charge is 0.244 e. The molecule has 3 aromatic rings. The van der Waals surface area contributed by atoms with Crippen molar-refractivity contribution in [3.63, 3.8) is 0 Å². The van der Waals surface area contributed by atoms with Gasteiger partial charge in [-0.25, -0.2) is 13.8 Å². The van der Waals surface area contributed by atoms with Gasteiger partial charge < -0.3 is 10.2 Å². The van der Waals surface area contributed by atoms with Crippen LogP contribution in [0.4, 0.5) is 24.5 Å². The minimum absolute atomic E-state index is 0.0445. The lowest BCUT2D eigenvalue weighted by atomic mass is 9.92. The fourth-order valence-electron chi connectivity index (χ4n) is 3.87. The van der Waals surface area contributed by atoms with E-state index in [0.29, 0.717) is 16.8 Å².